The average Bonchev–Trinajstić information content (AvgIpc) is 2.29. The summed E-state index contributed by atoms with van der Waals surface area (Å²) in [5.41, 5.74) is 0.894. The van der Waals surface area contributed by atoms with Gasteiger partial charge in [0.05, 0.1) is 0 Å². The van der Waals surface area contributed by atoms with Crippen molar-refractivity contribution in [2.75, 3.05) is 6.54 Å². The first-order valence-electron chi connectivity index (χ1n) is 5.98. The normalized spacial score (nSPS) is 13.6. The van der Waals surface area contributed by atoms with E-state index < -0.39 is 12.6 Å². The molecule has 1 unspecified atom stereocenters. The van der Waals surface area contributed by atoms with Crippen molar-refractivity contribution in [1.82, 2.24) is 5.32 Å². The minimum atomic E-state index is -4.10. The third kappa shape index (κ3) is 5.49. The molecule has 1 aromatic rings. The first-order valence-corrected chi connectivity index (χ1v) is 5.98. The minimum Gasteiger partial charge on any atom is -0.310 e. The van der Waals surface area contributed by atoms with E-state index in [4.69, 9.17) is 0 Å². The van der Waals surface area contributed by atoms with E-state index in [-0.39, 0.29) is 18.3 Å². The van der Waals surface area contributed by atoms with Crippen LogP contribution < -0.4 is 5.32 Å². The molecule has 0 heterocycles. The van der Waals surface area contributed by atoms with Crippen molar-refractivity contribution in [3.63, 3.8) is 0 Å². The van der Waals surface area contributed by atoms with Gasteiger partial charge in [0, 0.05) is 12.5 Å². The summed E-state index contributed by atoms with van der Waals surface area (Å²) in [5.74, 6) is -0.314. The van der Waals surface area contributed by atoms with Crippen LogP contribution in [0.1, 0.15) is 37.8 Å². The highest BCUT2D eigenvalue weighted by Crippen LogP contribution is 2.22. The van der Waals surface area contributed by atoms with Crippen LogP contribution in [0.5, 0.6) is 0 Å². The van der Waals surface area contributed by atoms with Gasteiger partial charge >= 0.3 is 6.18 Å². The molecule has 1 atom stereocenters. The molecule has 0 radical (unpaired) electrons. The van der Waals surface area contributed by atoms with E-state index in [9.17, 15) is 17.6 Å². The number of halogens is 4. The van der Waals surface area contributed by atoms with Crippen molar-refractivity contribution < 1.29 is 17.6 Å². The molecular formula is C13H17F4N. The van der Waals surface area contributed by atoms with Crippen molar-refractivity contribution in [1.29, 1.82) is 0 Å². The molecule has 0 bridgehead atoms. The van der Waals surface area contributed by atoms with Gasteiger partial charge in [0.25, 0.3) is 0 Å². The van der Waals surface area contributed by atoms with Crippen LogP contribution in [0.4, 0.5) is 17.6 Å². The van der Waals surface area contributed by atoms with E-state index in [1.54, 1.807) is 12.1 Å². The molecule has 1 aromatic carbocycles. The van der Waals surface area contributed by atoms with Crippen LogP contribution in [0.3, 0.4) is 0 Å². The van der Waals surface area contributed by atoms with Crippen LogP contribution in [0.25, 0.3) is 0 Å². The largest absolute Gasteiger partial charge is 0.389 e. The Hall–Kier alpha value is -1.10. The summed E-state index contributed by atoms with van der Waals surface area (Å²) in [7, 11) is 0. The molecule has 0 spiro atoms. The highest BCUT2D eigenvalue weighted by molar-refractivity contribution is 5.19. The van der Waals surface area contributed by atoms with Crippen molar-refractivity contribution in [2.45, 2.75) is 38.4 Å². The molecule has 0 aromatic heterocycles. The Labute approximate surface area is 104 Å². The second-order valence-corrected chi connectivity index (χ2v) is 4.19. The highest BCUT2D eigenvalue weighted by atomic mass is 19.4. The van der Waals surface area contributed by atoms with E-state index in [0.717, 1.165) is 12.0 Å². The number of rotatable bonds is 6. The standard InChI is InChI=1S/C13H17F4N/c1-2-12(10-4-6-11(14)7-5-10)18-9-3-8-13(15,16)17/h4-7,12,18H,2-3,8-9H2,1H3. The molecule has 0 aliphatic rings. The zero-order valence-electron chi connectivity index (χ0n) is 10.2. The maximum atomic E-state index is 12.7. The fourth-order valence-corrected chi connectivity index (χ4v) is 1.76. The van der Waals surface area contributed by atoms with Gasteiger partial charge in [-0.05, 0) is 37.1 Å². The molecule has 1 N–H and O–H groups in total. The molecule has 1 nitrogen and oxygen atoms in total. The van der Waals surface area contributed by atoms with Crippen LogP contribution in [0, 0.1) is 5.82 Å². The van der Waals surface area contributed by atoms with Gasteiger partial charge < -0.3 is 5.32 Å². The highest BCUT2D eigenvalue weighted by Gasteiger charge is 2.26. The second-order valence-electron chi connectivity index (χ2n) is 4.19. The minimum absolute atomic E-state index is 0.0289. The number of hydrogen-bond acceptors (Lipinski definition) is 1. The summed E-state index contributed by atoms with van der Waals surface area (Å²) in [6.07, 6.45) is -4.07. The predicted molar refractivity (Wildman–Crippen MR) is 62.7 cm³/mol. The monoisotopic (exact) mass is 263 g/mol. The van der Waals surface area contributed by atoms with Gasteiger partial charge in [-0.2, -0.15) is 13.2 Å². The lowest BCUT2D eigenvalue weighted by Crippen LogP contribution is -2.23. The molecule has 18 heavy (non-hydrogen) atoms. The molecule has 0 aliphatic carbocycles. The quantitative estimate of drug-likeness (QED) is 0.599. The maximum absolute atomic E-state index is 12.7. The zero-order chi connectivity index (χ0) is 13.6. The molecule has 0 saturated heterocycles. The van der Waals surface area contributed by atoms with E-state index in [1.807, 2.05) is 6.92 Å². The summed E-state index contributed by atoms with van der Waals surface area (Å²) in [6.45, 7) is 2.24. The van der Waals surface area contributed by atoms with Crippen LogP contribution in [0.2, 0.25) is 0 Å². The molecule has 5 heteroatoms. The zero-order valence-corrected chi connectivity index (χ0v) is 10.2. The van der Waals surface area contributed by atoms with Gasteiger partial charge in [-0.15, -0.1) is 0 Å². The summed E-state index contributed by atoms with van der Waals surface area (Å²) in [4.78, 5) is 0. The van der Waals surface area contributed by atoms with Gasteiger partial charge in [-0.3, -0.25) is 0 Å². The van der Waals surface area contributed by atoms with Crippen LogP contribution in [-0.2, 0) is 0 Å². The topological polar surface area (TPSA) is 12.0 Å². The Bertz CT molecular complexity index is 345. The molecule has 0 amide bonds. The Morgan fingerprint density at radius 3 is 2.28 bits per heavy atom. The molecule has 102 valence electrons. The Morgan fingerprint density at radius 1 is 1.17 bits per heavy atom. The molecule has 1 rings (SSSR count). The Morgan fingerprint density at radius 2 is 1.78 bits per heavy atom. The molecule has 0 fully saturated rings. The smallest absolute Gasteiger partial charge is 0.310 e. The summed E-state index contributed by atoms with van der Waals surface area (Å²) in [5, 5.41) is 3.06. The van der Waals surface area contributed by atoms with E-state index >= 15 is 0 Å². The second kappa shape index (κ2) is 6.73. The summed E-state index contributed by atoms with van der Waals surface area (Å²) in [6, 6.07) is 5.99. The van der Waals surface area contributed by atoms with Gasteiger partial charge in [0.2, 0.25) is 0 Å². The molecule has 0 saturated carbocycles. The van der Waals surface area contributed by atoms with Crippen molar-refractivity contribution in [3.8, 4) is 0 Å². The van der Waals surface area contributed by atoms with Crippen LogP contribution in [0.15, 0.2) is 24.3 Å². The third-order valence-corrected chi connectivity index (χ3v) is 2.71. The van der Waals surface area contributed by atoms with Crippen LogP contribution >= 0.6 is 0 Å². The van der Waals surface area contributed by atoms with Gasteiger partial charge in [-0.1, -0.05) is 19.1 Å². The van der Waals surface area contributed by atoms with Gasteiger partial charge in [-0.25, -0.2) is 4.39 Å². The maximum Gasteiger partial charge on any atom is 0.389 e. The first kappa shape index (κ1) is 15.0. The van der Waals surface area contributed by atoms with Gasteiger partial charge in [0.1, 0.15) is 5.82 Å². The molecule has 0 aliphatic heterocycles. The Kier molecular flexibility index (Phi) is 5.59. The van der Waals surface area contributed by atoms with Crippen molar-refractivity contribution in [3.05, 3.63) is 35.6 Å². The third-order valence-electron chi connectivity index (χ3n) is 2.71. The van der Waals surface area contributed by atoms with E-state index in [0.29, 0.717) is 6.54 Å². The fraction of sp³-hybridized carbons (Fsp3) is 0.538. The van der Waals surface area contributed by atoms with E-state index in [2.05, 4.69) is 5.32 Å². The van der Waals surface area contributed by atoms with Crippen molar-refractivity contribution in [2.24, 2.45) is 0 Å². The SMILES string of the molecule is CCC(NCCCC(F)(F)F)c1ccc(F)cc1. The summed E-state index contributed by atoms with van der Waals surface area (Å²) < 4.78 is 48.6. The fourth-order valence-electron chi connectivity index (χ4n) is 1.76. The number of nitrogens with one attached hydrogen (secondary N) is 1. The van der Waals surface area contributed by atoms with Gasteiger partial charge in [0.15, 0.2) is 0 Å². The Balaban J connectivity index is 2.40. The van der Waals surface area contributed by atoms with E-state index in [1.165, 1.54) is 12.1 Å². The van der Waals surface area contributed by atoms with Crippen LogP contribution in [-0.4, -0.2) is 12.7 Å². The summed E-state index contributed by atoms with van der Waals surface area (Å²) >= 11 is 0. The lowest BCUT2D eigenvalue weighted by molar-refractivity contribution is -0.135. The number of benzene rings is 1. The first-order chi connectivity index (χ1) is 8.42. The lowest BCUT2D eigenvalue weighted by atomic mass is 10.0. The molecular weight excluding hydrogens is 246 g/mol. The average molecular weight is 263 g/mol. The predicted octanol–water partition coefficient (Wildman–Crippen LogP) is 4.21. The van der Waals surface area contributed by atoms with Crippen molar-refractivity contribution >= 4 is 0 Å². The number of alkyl halides is 3. The lowest BCUT2D eigenvalue weighted by Gasteiger charge is -2.17. The number of hydrogen-bond donors (Lipinski definition) is 1.